The number of rotatable bonds is 6. The van der Waals surface area contributed by atoms with Gasteiger partial charge in [-0.25, -0.2) is 0 Å². The van der Waals surface area contributed by atoms with E-state index < -0.39 is 0 Å². The number of amides is 1. The molecule has 0 aliphatic heterocycles. The highest BCUT2D eigenvalue weighted by atomic mass is 16.5. The second kappa shape index (κ2) is 6.75. The summed E-state index contributed by atoms with van der Waals surface area (Å²) in [7, 11) is 4.93. The molecule has 1 rings (SSSR count). The quantitative estimate of drug-likeness (QED) is 0.715. The monoisotopic (exact) mass is 238 g/mol. The lowest BCUT2D eigenvalue weighted by Crippen LogP contribution is -2.30. The average molecular weight is 238 g/mol. The Morgan fingerprint density at radius 3 is 2.59 bits per heavy atom. The molecule has 0 fully saturated rings. The molecule has 0 saturated carbocycles. The Morgan fingerprint density at radius 2 is 2.00 bits per heavy atom. The molecule has 0 spiro atoms. The molecule has 5 nitrogen and oxygen atoms in total. The van der Waals surface area contributed by atoms with Gasteiger partial charge in [0, 0.05) is 19.2 Å². The van der Waals surface area contributed by atoms with Gasteiger partial charge in [-0.2, -0.15) is 0 Å². The van der Waals surface area contributed by atoms with Gasteiger partial charge in [0.2, 0.25) is 0 Å². The van der Waals surface area contributed by atoms with Crippen molar-refractivity contribution < 1.29 is 14.3 Å². The Morgan fingerprint density at radius 1 is 1.24 bits per heavy atom. The first-order chi connectivity index (χ1) is 8.22. The summed E-state index contributed by atoms with van der Waals surface area (Å²) in [6.45, 7) is 1.30. The molecule has 1 amide bonds. The molecule has 0 bridgehead atoms. The lowest BCUT2D eigenvalue weighted by molar-refractivity contribution is 0.0951. The van der Waals surface area contributed by atoms with Crippen LogP contribution in [-0.4, -0.2) is 40.3 Å². The maximum Gasteiger partial charge on any atom is 0.255 e. The van der Waals surface area contributed by atoms with Gasteiger partial charge in [0.05, 0.1) is 19.8 Å². The van der Waals surface area contributed by atoms with Crippen molar-refractivity contribution >= 4 is 5.91 Å². The van der Waals surface area contributed by atoms with E-state index in [0.717, 1.165) is 6.54 Å². The van der Waals surface area contributed by atoms with E-state index >= 15 is 0 Å². The molecule has 1 aromatic rings. The molecule has 2 N–H and O–H groups in total. The van der Waals surface area contributed by atoms with Gasteiger partial charge in [0.1, 0.15) is 11.5 Å². The third kappa shape index (κ3) is 3.64. The molecule has 0 saturated heterocycles. The highest BCUT2D eigenvalue weighted by molar-refractivity contribution is 5.97. The van der Waals surface area contributed by atoms with E-state index in [0.29, 0.717) is 23.6 Å². The van der Waals surface area contributed by atoms with Crippen LogP contribution in [0.2, 0.25) is 0 Å². The summed E-state index contributed by atoms with van der Waals surface area (Å²) in [5.74, 6) is 1.01. The van der Waals surface area contributed by atoms with Crippen molar-refractivity contribution in [1.29, 1.82) is 0 Å². The minimum Gasteiger partial charge on any atom is -0.497 e. The predicted molar refractivity (Wildman–Crippen MR) is 65.8 cm³/mol. The predicted octanol–water partition coefficient (Wildman–Crippen LogP) is 0.653. The van der Waals surface area contributed by atoms with Crippen molar-refractivity contribution in [2.45, 2.75) is 0 Å². The number of carbonyl (C=O) groups excluding carboxylic acids is 1. The molecule has 0 aromatic heterocycles. The first-order valence-corrected chi connectivity index (χ1v) is 5.37. The van der Waals surface area contributed by atoms with Gasteiger partial charge in [0.25, 0.3) is 5.91 Å². The van der Waals surface area contributed by atoms with Gasteiger partial charge in [-0.1, -0.05) is 0 Å². The van der Waals surface area contributed by atoms with Crippen LogP contribution in [0.5, 0.6) is 11.5 Å². The van der Waals surface area contributed by atoms with Crippen molar-refractivity contribution in [2.75, 3.05) is 34.4 Å². The summed E-state index contributed by atoms with van der Waals surface area (Å²) in [5, 5.41) is 5.75. The summed E-state index contributed by atoms with van der Waals surface area (Å²) in [6.07, 6.45) is 0. The van der Waals surface area contributed by atoms with Crippen LogP contribution in [0.15, 0.2) is 18.2 Å². The minimum atomic E-state index is -0.153. The first-order valence-electron chi connectivity index (χ1n) is 5.37. The van der Waals surface area contributed by atoms with Gasteiger partial charge in [0.15, 0.2) is 0 Å². The van der Waals surface area contributed by atoms with Gasteiger partial charge in [-0.05, 0) is 19.2 Å². The molecule has 0 aliphatic rings. The first kappa shape index (κ1) is 13.3. The SMILES string of the molecule is CNCCNC(=O)c1ccc(OC)cc1OC. The number of carbonyl (C=O) groups is 1. The Hall–Kier alpha value is -1.75. The van der Waals surface area contributed by atoms with Crippen LogP contribution < -0.4 is 20.1 Å². The van der Waals surface area contributed by atoms with E-state index in [2.05, 4.69) is 10.6 Å². The van der Waals surface area contributed by atoms with Gasteiger partial charge < -0.3 is 20.1 Å². The summed E-state index contributed by atoms with van der Waals surface area (Å²) < 4.78 is 10.2. The molecule has 0 atom stereocenters. The summed E-state index contributed by atoms with van der Waals surface area (Å²) in [6, 6.07) is 5.11. The van der Waals surface area contributed by atoms with Gasteiger partial charge >= 0.3 is 0 Å². The molecule has 0 radical (unpaired) electrons. The van der Waals surface area contributed by atoms with E-state index in [1.807, 2.05) is 7.05 Å². The molecule has 94 valence electrons. The second-order valence-electron chi connectivity index (χ2n) is 3.43. The van der Waals surface area contributed by atoms with Crippen LogP contribution in [0.4, 0.5) is 0 Å². The lowest BCUT2D eigenvalue weighted by Gasteiger charge is -2.10. The fraction of sp³-hybridized carbons (Fsp3) is 0.417. The van der Waals surface area contributed by atoms with Crippen molar-refractivity contribution in [3.05, 3.63) is 23.8 Å². The molecule has 0 heterocycles. The molecular formula is C12H18N2O3. The fourth-order valence-electron chi connectivity index (χ4n) is 1.38. The molecule has 0 unspecified atom stereocenters. The number of likely N-dealkylation sites (N-methyl/N-ethyl adjacent to an activating group) is 1. The van der Waals surface area contributed by atoms with Crippen molar-refractivity contribution in [3.63, 3.8) is 0 Å². The molecular weight excluding hydrogens is 220 g/mol. The van der Waals surface area contributed by atoms with Crippen LogP contribution in [0, 0.1) is 0 Å². The third-order valence-electron chi connectivity index (χ3n) is 2.31. The maximum atomic E-state index is 11.8. The number of hydrogen-bond donors (Lipinski definition) is 2. The van der Waals surface area contributed by atoms with Crippen LogP contribution in [0.25, 0.3) is 0 Å². The Balaban J connectivity index is 2.78. The maximum absolute atomic E-state index is 11.8. The molecule has 17 heavy (non-hydrogen) atoms. The number of hydrogen-bond acceptors (Lipinski definition) is 4. The number of nitrogens with one attached hydrogen (secondary N) is 2. The summed E-state index contributed by atoms with van der Waals surface area (Å²) >= 11 is 0. The van der Waals surface area contributed by atoms with Crippen molar-refractivity contribution in [3.8, 4) is 11.5 Å². The van der Waals surface area contributed by atoms with Crippen LogP contribution in [-0.2, 0) is 0 Å². The van der Waals surface area contributed by atoms with E-state index in [1.165, 1.54) is 7.11 Å². The zero-order valence-electron chi connectivity index (χ0n) is 10.4. The standard InChI is InChI=1S/C12H18N2O3/c1-13-6-7-14-12(15)10-5-4-9(16-2)8-11(10)17-3/h4-5,8,13H,6-7H2,1-3H3,(H,14,15). The zero-order chi connectivity index (χ0) is 12.7. The smallest absolute Gasteiger partial charge is 0.255 e. The zero-order valence-corrected chi connectivity index (χ0v) is 10.4. The highest BCUT2D eigenvalue weighted by Gasteiger charge is 2.12. The Bertz CT molecular complexity index is 380. The molecule has 0 aliphatic carbocycles. The average Bonchev–Trinajstić information content (AvgIpc) is 2.38. The van der Waals surface area contributed by atoms with Crippen LogP contribution in [0.1, 0.15) is 10.4 Å². The van der Waals surface area contributed by atoms with E-state index in [9.17, 15) is 4.79 Å². The molecule has 1 aromatic carbocycles. The van der Waals surface area contributed by atoms with Crippen molar-refractivity contribution in [2.24, 2.45) is 0 Å². The number of methoxy groups -OCH3 is 2. The summed E-state index contributed by atoms with van der Waals surface area (Å²) in [5.41, 5.74) is 0.504. The summed E-state index contributed by atoms with van der Waals surface area (Å²) in [4.78, 5) is 11.8. The van der Waals surface area contributed by atoms with Gasteiger partial charge in [-0.3, -0.25) is 4.79 Å². The van der Waals surface area contributed by atoms with E-state index in [1.54, 1.807) is 25.3 Å². The van der Waals surface area contributed by atoms with Crippen molar-refractivity contribution in [1.82, 2.24) is 10.6 Å². The minimum absolute atomic E-state index is 0.153. The van der Waals surface area contributed by atoms with Gasteiger partial charge in [-0.15, -0.1) is 0 Å². The Labute approximate surface area is 101 Å². The fourth-order valence-corrected chi connectivity index (χ4v) is 1.38. The van der Waals surface area contributed by atoms with Crippen LogP contribution >= 0.6 is 0 Å². The molecule has 5 heteroatoms. The largest absolute Gasteiger partial charge is 0.497 e. The second-order valence-corrected chi connectivity index (χ2v) is 3.43. The normalized spacial score (nSPS) is 9.82. The number of benzene rings is 1. The number of ether oxygens (including phenoxy) is 2. The third-order valence-corrected chi connectivity index (χ3v) is 2.31. The topological polar surface area (TPSA) is 59.6 Å². The van der Waals surface area contributed by atoms with E-state index in [4.69, 9.17) is 9.47 Å². The highest BCUT2D eigenvalue weighted by Crippen LogP contribution is 2.24. The van der Waals surface area contributed by atoms with E-state index in [-0.39, 0.29) is 5.91 Å². The Kier molecular flexibility index (Phi) is 5.29. The lowest BCUT2D eigenvalue weighted by atomic mass is 10.1. The van der Waals surface area contributed by atoms with Crippen LogP contribution in [0.3, 0.4) is 0 Å².